The normalized spacial score (nSPS) is 12.9. The van der Waals surface area contributed by atoms with Gasteiger partial charge in [-0.1, -0.05) is 33.2 Å². The fraction of sp³-hybridized carbons (Fsp3) is 0.125. The third-order valence-corrected chi connectivity index (χ3v) is 2.34. The molecule has 0 aliphatic carbocycles. The molecule has 0 radical (unpaired) electrons. The number of nitrogens with zero attached hydrogens (tertiary/aromatic N) is 1. The minimum atomic E-state index is -4.56. The highest BCUT2D eigenvalue weighted by atomic mass is 79.9. The van der Waals surface area contributed by atoms with Crippen LogP contribution in [-0.4, -0.2) is 11.0 Å². The lowest BCUT2D eigenvalue weighted by molar-refractivity contribution is -0.138. The first-order valence-electron chi connectivity index (χ1n) is 3.71. The van der Waals surface area contributed by atoms with E-state index in [2.05, 4.69) is 21.1 Å². The van der Waals surface area contributed by atoms with Gasteiger partial charge in [-0.3, -0.25) is 0 Å². The second-order valence-corrected chi connectivity index (χ2v) is 3.50. The molecular weight excluding hydrogens is 277 g/mol. The van der Waals surface area contributed by atoms with Gasteiger partial charge in [-0.25, -0.2) is 0 Å². The largest absolute Gasteiger partial charge is 0.418 e. The number of oxime groups is 1. The summed E-state index contributed by atoms with van der Waals surface area (Å²) in [6.45, 7) is 0. The summed E-state index contributed by atoms with van der Waals surface area (Å²) >= 11 is 2.77. The van der Waals surface area contributed by atoms with E-state index in [0.29, 0.717) is 0 Å². The Morgan fingerprint density at radius 3 is 2.47 bits per heavy atom. The first-order valence-corrected chi connectivity index (χ1v) is 4.51. The predicted octanol–water partition coefficient (Wildman–Crippen LogP) is 2.56. The molecule has 0 aliphatic heterocycles. The van der Waals surface area contributed by atoms with Crippen LogP contribution in [0.4, 0.5) is 13.2 Å². The molecule has 0 amide bonds. The van der Waals surface area contributed by atoms with Gasteiger partial charge in [-0.05, 0) is 6.07 Å². The summed E-state index contributed by atoms with van der Waals surface area (Å²) in [4.78, 5) is 0. The van der Waals surface area contributed by atoms with E-state index in [9.17, 15) is 13.2 Å². The Balaban J connectivity index is 3.47. The molecule has 15 heavy (non-hydrogen) atoms. The van der Waals surface area contributed by atoms with E-state index in [1.54, 1.807) is 0 Å². The first kappa shape index (κ1) is 11.8. The van der Waals surface area contributed by atoms with Crippen molar-refractivity contribution in [1.82, 2.24) is 0 Å². The minimum absolute atomic E-state index is 0.154. The van der Waals surface area contributed by atoms with Gasteiger partial charge < -0.3 is 10.9 Å². The van der Waals surface area contributed by atoms with E-state index in [-0.39, 0.29) is 10.0 Å². The Bertz CT molecular complexity index is 403. The van der Waals surface area contributed by atoms with Crippen LogP contribution < -0.4 is 5.73 Å². The minimum Gasteiger partial charge on any atom is -0.409 e. The molecule has 0 bridgehead atoms. The number of halogens is 4. The lowest BCUT2D eigenvalue weighted by Crippen LogP contribution is -2.20. The Kier molecular flexibility index (Phi) is 3.23. The molecule has 0 atom stereocenters. The van der Waals surface area contributed by atoms with Gasteiger partial charge >= 0.3 is 6.18 Å². The third kappa shape index (κ3) is 2.41. The van der Waals surface area contributed by atoms with Gasteiger partial charge in [0.2, 0.25) is 0 Å². The number of amidine groups is 1. The molecule has 82 valence electrons. The van der Waals surface area contributed by atoms with Crippen molar-refractivity contribution in [2.75, 3.05) is 0 Å². The molecule has 1 aromatic carbocycles. The van der Waals surface area contributed by atoms with Crippen molar-refractivity contribution in [3.8, 4) is 0 Å². The highest BCUT2D eigenvalue weighted by Crippen LogP contribution is 2.37. The van der Waals surface area contributed by atoms with Crippen molar-refractivity contribution in [1.29, 1.82) is 0 Å². The topological polar surface area (TPSA) is 58.6 Å². The van der Waals surface area contributed by atoms with Crippen LogP contribution in [0.5, 0.6) is 0 Å². The summed E-state index contributed by atoms with van der Waals surface area (Å²) in [5.41, 5.74) is 3.82. The van der Waals surface area contributed by atoms with E-state index in [1.165, 1.54) is 12.1 Å². The lowest BCUT2D eigenvalue weighted by Gasteiger charge is -2.13. The molecular formula is C8H6BrF3N2O. The van der Waals surface area contributed by atoms with Gasteiger partial charge in [0.1, 0.15) is 0 Å². The van der Waals surface area contributed by atoms with Gasteiger partial charge in [0.25, 0.3) is 0 Å². The van der Waals surface area contributed by atoms with Crippen molar-refractivity contribution in [2.45, 2.75) is 6.18 Å². The fourth-order valence-electron chi connectivity index (χ4n) is 1.08. The maximum Gasteiger partial charge on any atom is 0.418 e. The lowest BCUT2D eigenvalue weighted by atomic mass is 10.1. The molecule has 1 aromatic rings. The second kappa shape index (κ2) is 4.09. The molecule has 7 heteroatoms. The monoisotopic (exact) mass is 282 g/mol. The molecule has 0 spiro atoms. The molecule has 0 heterocycles. The highest BCUT2D eigenvalue weighted by molar-refractivity contribution is 9.10. The van der Waals surface area contributed by atoms with E-state index >= 15 is 0 Å². The summed E-state index contributed by atoms with van der Waals surface area (Å²) in [5.74, 6) is -0.580. The molecule has 1 rings (SSSR count). The second-order valence-electron chi connectivity index (χ2n) is 2.65. The summed E-state index contributed by atoms with van der Waals surface area (Å²) in [5, 5.41) is 10.9. The molecule has 0 fully saturated rings. The molecule has 0 saturated carbocycles. The summed E-state index contributed by atoms with van der Waals surface area (Å²) < 4.78 is 37.6. The standard InChI is InChI=1S/C8H6BrF3N2O/c9-5-3-1-2-4(7(13)14-15)6(5)8(10,11)12/h1-3,15H,(H2,13,14). The van der Waals surface area contributed by atoms with Crippen LogP contribution in [0.2, 0.25) is 0 Å². The van der Waals surface area contributed by atoms with E-state index in [4.69, 9.17) is 10.9 Å². The molecule has 3 nitrogen and oxygen atoms in total. The van der Waals surface area contributed by atoms with E-state index < -0.39 is 17.6 Å². The van der Waals surface area contributed by atoms with Gasteiger partial charge in [0.05, 0.1) is 5.56 Å². The van der Waals surface area contributed by atoms with Crippen LogP contribution in [0.25, 0.3) is 0 Å². The Hall–Kier alpha value is -1.24. The zero-order valence-corrected chi connectivity index (χ0v) is 8.80. The number of nitrogens with two attached hydrogens (primary N) is 1. The van der Waals surface area contributed by atoms with Crippen molar-refractivity contribution in [2.24, 2.45) is 10.9 Å². The Morgan fingerprint density at radius 2 is 2.00 bits per heavy atom. The zero-order valence-electron chi connectivity index (χ0n) is 7.22. The van der Waals surface area contributed by atoms with Crippen LogP contribution in [0.15, 0.2) is 27.8 Å². The molecule has 3 N–H and O–H groups in total. The average Bonchev–Trinajstić information content (AvgIpc) is 2.14. The molecule has 0 aromatic heterocycles. The van der Waals surface area contributed by atoms with Crippen molar-refractivity contribution < 1.29 is 18.4 Å². The van der Waals surface area contributed by atoms with Crippen molar-refractivity contribution >= 4 is 21.8 Å². The summed E-state index contributed by atoms with van der Waals surface area (Å²) in [6.07, 6.45) is -4.56. The fourth-order valence-corrected chi connectivity index (χ4v) is 1.67. The zero-order chi connectivity index (χ0) is 11.6. The predicted molar refractivity (Wildman–Crippen MR) is 51.7 cm³/mol. The molecule has 0 aliphatic rings. The van der Waals surface area contributed by atoms with E-state index in [1.807, 2.05) is 0 Å². The smallest absolute Gasteiger partial charge is 0.409 e. The molecule has 0 unspecified atom stereocenters. The molecule has 0 saturated heterocycles. The first-order chi connectivity index (χ1) is 6.88. The van der Waals surface area contributed by atoms with Crippen LogP contribution in [0.3, 0.4) is 0 Å². The van der Waals surface area contributed by atoms with Crippen LogP contribution in [0.1, 0.15) is 11.1 Å². The van der Waals surface area contributed by atoms with Crippen LogP contribution >= 0.6 is 15.9 Å². The highest BCUT2D eigenvalue weighted by Gasteiger charge is 2.36. The number of rotatable bonds is 1. The third-order valence-electron chi connectivity index (χ3n) is 1.68. The summed E-state index contributed by atoms with van der Waals surface area (Å²) in [6, 6.07) is 3.73. The summed E-state index contributed by atoms with van der Waals surface area (Å²) in [7, 11) is 0. The van der Waals surface area contributed by atoms with Gasteiger partial charge in [-0.15, -0.1) is 0 Å². The maximum atomic E-state index is 12.6. The SMILES string of the molecule is N/C(=N/O)c1cccc(Br)c1C(F)(F)F. The Labute approximate surface area is 91.5 Å². The van der Waals surface area contributed by atoms with Gasteiger partial charge in [0, 0.05) is 10.0 Å². The van der Waals surface area contributed by atoms with Crippen molar-refractivity contribution in [3.63, 3.8) is 0 Å². The van der Waals surface area contributed by atoms with Gasteiger partial charge in [0.15, 0.2) is 5.84 Å². The van der Waals surface area contributed by atoms with Gasteiger partial charge in [-0.2, -0.15) is 13.2 Å². The number of alkyl halides is 3. The van der Waals surface area contributed by atoms with Crippen LogP contribution in [-0.2, 0) is 6.18 Å². The quantitative estimate of drug-likeness (QED) is 0.360. The number of hydrogen-bond donors (Lipinski definition) is 2. The Morgan fingerprint density at radius 1 is 1.40 bits per heavy atom. The number of benzene rings is 1. The average molecular weight is 283 g/mol. The maximum absolute atomic E-state index is 12.6. The van der Waals surface area contributed by atoms with Crippen molar-refractivity contribution in [3.05, 3.63) is 33.8 Å². The van der Waals surface area contributed by atoms with E-state index in [0.717, 1.165) is 6.07 Å². The van der Waals surface area contributed by atoms with Crippen LogP contribution in [0, 0.1) is 0 Å². The number of hydrogen-bond acceptors (Lipinski definition) is 2.